The van der Waals surface area contributed by atoms with Crippen LogP contribution in [0.15, 0.2) is 35.9 Å². The molecule has 1 aliphatic carbocycles. The van der Waals surface area contributed by atoms with Crippen molar-refractivity contribution in [1.82, 2.24) is 15.1 Å². The van der Waals surface area contributed by atoms with E-state index in [2.05, 4.69) is 21.2 Å². The van der Waals surface area contributed by atoms with Gasteiger partial charge in [0, 0.05) is 31.7 Å². The molecule has 4 nitrogen and oxygen atoms in total. The number of hydrogen-bond donors (Lipinski definition) is 1. The number of hydrogen-bond acceptors (Lipinski definition) is 3. The van der Waals surface area contributed by atoms with Crippen molar-refractivity contribution in [2.24, 2.45) is 0 Å². The highest BCUT2D eigenvalue weighted by Gasteiger charge is 2.18. The summed E-state index contributed by atoms with van der Waals surface area (Å²) in [6.45, 7) is 5.45. The predicted molar refractivity (Wildman–Crippen MR) is 107 cm³/mol. The second kappa shape index (κ2) is 10.6. The molecule has 1 saturated heterocycles. The minimum absolute atomic E-state index is 0.119. The van der Waals surface area contributed by atoms with Crippen molar-refractivity contribution >= 4 is 5.91 Å². The summed E-state index contributed by atoms with van der Waals surface area (Å²) >= 11 is 0. The Kier molecular flexibility index (Phi) is 7.84. The van der Waals surface area contributed by atoms with Gasteiger partial charge in [-0.1, -0.05) is 29.8 Å². The Hall–Kier alpha value is -1.72. The summed E-state index contributed by atoms with van der Waals surface area (Å²) in [7, 11) is 0. The first-order valence-corrected chi connectivity index (χ1v) is 10.3. The van der Waals surface area contributed by atoms with E-state index in [9.17, 15) is 9.18 Å². The highest BCUT2D eigenvalue weighted by Crippen LogP contribution is 2.19. The minimum Gasteiger partial charge on any atom is -0.355 e. The maximum atomic E-state index is 13.9. The second-order valence-electron chi connectivity index (χ2n) is 7.71. The first kappa shape index (κ1) is 20.0. The van der Waals surface area contributed by atoms with Crippen LogP contribution in [0.5, 0.6) is 0 Å². The van der Waals surface area contributed by atoms with Crippen molar-refractivity contribution in [2.75, 3.05) is 39.3 Å². The first-order chi connectivity index (χ1) is 13.2. The Balaban J connectivity index is 1.37. The fourth-order valence-electron chi connectivity index (χ4n) is 3.96. The molecule has 0 aromatic heterocycles. The van der Waals surface area contributed by atoms with E-state index in [4.69, 9.17) is 0 Å². The number of nitrogens with zero attached hydrogens (tertiary/aromatic N) is 2. The zero-order valence-electron chi connectivity index (χ0n) is 16.3. The maximum absolute atomic E-state index is 13.9. The van der Waals surface area contributed by atoms with Crippen LogP contribution in [0.2, 0.25) is 0 Å². The lowest BCUT2D eigenvalue weighted by Crippen LogP contribution is -2.39. The zero-order valence-corrected chi connectivity index (χ0v) is 16.3. The van der Waals surface area contributed by atoms with Gasteiger partial charge in [0.1, 0.15) is 5.82 Å². The Bertz CT molecular complexity index is 646. The van der Waals surface area contributed by atoms with Crippen LogP contribution in [0.4, 0.5) is 4.39 Å². The molecular weight excluding hydrogens is 341 g/mol. The standard InChI is InChI=1S/C22H32FN3O/c23-21-10-5-4-9-20(21)17-25-13-6-14-26(16-15-25)18-22(27)24-12-11-19-7-2-1-3-8-19/h4-5,7,9-10H,1-3,6,8,11-18H2,(H,24,27). The molecule has 0 unspecified atom stereocenters. The van der Waals surface area contributed by atoms with Crippen molar-refractivity contribution < 1.29 is 9.18 Å². The highest BCUT2D eigenvalue weighted by molar-refractivity contribution is 5.78. The Morgan fingerprint density at radius 3 is 2.67 bits per heavy atom. The molecule has 1 aromatic rings. The number of carbonyl (C=O) groups excluding carboxylic acids is 1. The lowest BCUT2D eigenvalue weighted by Gasteiger charge is -2.22. The van der Waals surface area contributed by atoms with Gasteiger partial charge in [-0.25, -0.2) is 4.39 Å². The maximum Gasteiger partial charge on any atom is 0.234 e. The van der Waals surface area contributed by atoms with E-state index < -0.39 is 0 Å². The summed E-state index contributed by atoms with van der Waals surface area (Å²) in [4.78, 5) is 16.7. The first-order valence-electron chi connectivity index (χ1n) is 10.3. The average Bonchev–Trinajstić information content (AvgIpc) is 2.90. The van der Waals surface area contributed by atoms with Crippen LogP contribution in [-0.4, -0.2) is 55.0 Å². The molecule has 0 bridgehead atoms. The SMILES string of the molecule is O=C(CN1CCCN(Cc2ccccc2F)CC1)NCCC1=CCCCC1. The molecule has 27 heavy (non-hydrogen) atoms. The van der Waals surface area contributed by atoms with Crippen molar-refractivity contribution in [1.29, 1.82) is 0 Å². The van der Waals surface area contributed by atoms with Crippen molar-refractivity contribution in [2.45, 2.75) is 45.1 Å². The van der Waals surface area contributed by atoms with E-state index in [0.29, 0.717) is 13.1 Å². The van der Waals surface area contributed by atoms with Crippen molar-refractivity contribution in [3.63, 3.8) is 0 Å². The van der Waals surface area contributed by atoms with E-state index in [-0.39, 0.29) is 11.7 Å². The van der Waals surface area contributed by atoms with Gasteiger partial charge >= 0.3 is 0 Å². The van der Waals surface area contributed by atoms with E-state index in [1.165, 1.54) is 37.3 Å². The Morgan fingerprint density at radius 2 is 1.85 bits per heavy atom. The van der Waals surface area contributed by atoms with Crippen LogP contribution in [0.25, 0.3) is 0 Å². The van der Waals surface area contributed by atoms with Gasteiger partial charge in [0.2, 0.25) is 5.91 Å². The number of benzene rings is 1. The normalized spacial score (nSPS) is 19.4. The van der Waals surface area contributed by atoms with Gasteiger partial charge in [-0.15, -0.1) is 0 Å². The molecule has 1 N–H and O–H groups in total. The third kappa shape index (κ3) is 6.74. The molecule has 148 valence electrons. The molecule has 2 aliphatic rings. The molecule has 5 heteroatoms. The van der Waals surface area contributed by atoms with Crippen molar-refractivity contribution in [3.05, 3.63) is 47.3 Å². The van der Waals surface area contributed by atoms with Gasteiger partial charge in [0.05, 0.1) is 6.54 Å². The van der Waals surface area contributed by atoms with Gasteiger partial charge < -0.3 is 5.32 Å². The molecule has 1 aliphatic heterocycles. The monoisotopic (exact) mass is 373 g/mol. The van der Waals surface area contributed by atoms with E-state index in [1.807, 2.05) is 12.1 Å². The fourth-order valence-corrected chi connectivity index (χ4v) is 3.96. The second-order valence-corrected chi connectivity index (χ2v) is 7.71. The van der Waals surface area contributed by atoms with Crippen LogP contribution < -0.4 is 5.32 Å². The smallest absolute Gasteiger partial charge is 0.234 e. The number of carbonyl (C=O) groups is 1. The molecule has 0 radical (unpaired) electrons. The summed E-state index contributed by atoms with van der Waals surface area (Å²) in [6.07, 6.45) is 9.32. The minimum atomic E-state index is -0.133. The van der Waals surface area contributed by atoms with E-state index in [0.717, 1.165) is 51.1 Å². The quantitative estimate of drug-likeness (QED) is 0.745. The molecule has 0 spiro atoms. The lowest BCUT2D eigenvalue weighted by atomic mass is 9.97. The van der Waals surface area contributed by atoms with Gasteiger partial charge in [0.25, 0.3) is 0 Å². The molecule has 1 aromatic carbocycles. The molecule has 1 amide bonds. The van der Waals surface area contributed by atoms with Crippen molar-refractivity contribution in [3.8, 4) is 0 Å². The van der Waals surface area contributed by atoms with Crippen LogP contribution in [0.1, 0.15) is 44.1 Å². The lowest BCUT2D eigenvalue weighted by molar-refractivity contribution is -0.122. The Labute approximate surface area is 162 Å². The summed E-state index contributed by atoms with van der Waals surface area (Å²) in [5.74, 6) is -0.0139. The largest absolute Gasteiger partial charge is 0.355 e. The summed E-state index contributed by atoms with van der Waals surface area (Å²) < 4.78 is 13.9. The molecule has 1 heterocycles. The predicted octanol–water partition coefficient (Wildman–Crippen LogP) is 3.34. The zero-order chi connectivity index (χ0) is 18.9. The van der Waals surface area contributed by atoms with E-state index in [1.54, 1.807) is 6.07 Å². The molecule has 3 rings (SSSR count). The van der Waals surface area contributed by atoms with Crippen LogP contribution in [0, 0.1) is 5.82 Å². The summed E-state index contributed by atoms with van der Waals surface area (Å²) in [5.41, 5.74) is 2.25. The molecule has 0 atom stereocenters. The van der Waals surface area contributed by atoms with Crippen LogP contribution >= 0.6 is 0 Å². The molecule has 0 saturated carbocycles. The molecular formula is C22H32FN3O. The number of amides is 1. The number of nitrogens with one attached hydrogen (secondary N) is 1. The highest BCUT2D eigenvalue weighted by atomic mass is 19.1. The van der Waals surface area contributed by atoms with Crippen LogP contribution in [0.3, 0.4) is 0 Å². The third-order valence-electron chi connectivity index (χ3n) is 5.55. The van der Waals surface area contributed by atoms with Crippen LogP contribution in [-0.2, 0) is 11.3 Å². The Morgan fingerprint density at radius 1 is 1.04 bits per heavy atom. The molecule has 1 fully saturated rings. The number of halogens is 1. The van der Waals surface area contributed by atoms with Gasteiger partial charge in [0.15, 0.2) is 0 Å². The summed E-state index contributed by atoms with van der Waals surface area (Å²) in [6, 6.07) is 6.99. The number of rotatable bonds is 7. The summed E-state index contributed by atoms with van der Waals surface area (Å²) in [5, 5.41) is 3.07. The van der Waals surface area contributed by atoms with Gasteiger partial charge in [-0.3, -0.25) is 14.6 Å². The van der Waals surface area contributed by atoms with Gasteiger partial charge in [-0.05, 0) is 57.7 Å². The van der Waals surface area contributed by atoms with Gasteiger partial charge in [-0.2, -0.15) is 0 Å². The number of allylic oxidation sites excluding steroid dienone is 1. The fraction of sp³-hybridized carbons (Fsp3) is 0.591. The third-order valence-corrected chi connectivity index (χ3v) is 5.55. The topological polar surface area (TPSA) is 35.6 Å². The van der Waals surface area contributed by atoms with E-state index >= 15 is 0 Å². The average molecular weight is 374 g/mol.